The highest BCUT2D eigenvalue weighted by Gasteiger charge is 2.23. The monoisotopic (exact) mass is 268 g/mol. The van der Waals surface area contributed by atoms with Crippen LogP contribution >= 0.6 is 11.3 Å². The largest absolute Gasteiger partial charge is 0.368 e. The Balaban J connectivity index is 2.44. The molecule has 4 nitrogen and oxygen atoms in total. The Kier molecular flexibility index (Phi) is 5.85. The molecule has 1 aromatic rings. The van der Waals surface area contributed by atoms with Crippen molar-refractivity contribution < 1.29 is 9.59 Å². The summed E-state index contributed by atoms with van der Waals surface area (Å²) < 4.78 is 0. The highest BCUT2D eigenvalue weighted by molar-refractivity contribution is 7.07. The summed E-state index contributed by atoms with van der Waals surface area (Å²) in [5, 5.41) is 6.73. The van der Waals surface area contributed by atoms with Gasteiger partial charge in [-0.25, -0.2) is 0 Å². The fourth-order valence-electron chi connectivity index (χ4n) is 1.67. The molecule has 0 fully saturated rings. The molecule has 0 saturated carbocycles. The molecule has 5 heteroatoms. The van der Waals surface area contributed by atoms with Crippen molar-refractivity contribution in [3.8, 4) is 0 Å². The lowest BCUT2D eigenvalue weighted by atomic mass is 9.98. The van der Waals surface area contributed by atoms with Gasteiger partial charge in [-0.1, -0.05) is 20.3 Å². The molecule has 0 radical (unpaired) electrons. The highest BCUT2D eigenvalue weighted by atomic mass is 32.1. The molecule has 0 bridgehead atoms. The molecule has 0 saturated heterocycles. The van der Waals surface area contributed by atoms with Crippen molar-refractivity contribution >= 4 is 23.2 Å². The minimum absolute atomic E-state index is 0.0626. The van der Waals surface area contributed by atoms with Crippen LogP contribution in [0.3, 0.4) is 0 Å². The van der Waals surface area contributed by atoms with Gasteiger partial charge in [0.15, 0.2) is 0 Å². The van der Waals surface area contributed by atoms with E-state index in [2.05, 4.69) is 5.32 Å². The van der Waals surface area contributed by atoms with Crippen LogP contribution in [0.15, 0.2) is 16.8 Å². The maximum atomic E-state index is 11.8. The summed E-state index contributed by atoms with van der Waals surface area (Å²) in [6, 6.07) is 1.43. The number of aryl methyl sites for hydroxylation is 1. The zero-order valence-electron chi connectivity index (χ0n) is 10.8. The van der Waals surface area contributed by atoms with Crippen LogP contribution in [0.1, 0.15) is 32.3 Å². The maximum absolute atomic E-state index is 11.8. The molecular weight excluding hydrogens is 248 g/mol. The van der Waals surface area contributed by atoms with Crippen LogP contribution in [0.5, 0.6) is 0 Å². The first-order valence-corrected chi connectivity index (χ1v) is 7.08. The first kappa shape index (κ1) is 14.7. The molecule has 2 atom stereocenters. The minimum Gasteiger partial charge on any atom is -0.368 e. The lowest BCUT2D eigenvalue weighted by Gasteiger charge is -2.21. The van der Waals surface area contributed by atoms with Gasteiger partial charge < -0.3 is 11.1 Å². The van der Waals surface area contributed by atoms with Gasteiger partial charge in [-0.3, -0.25) is 9.59 Å². The van der Waals surface area contributed by atoms with Gasteiger partial charge in [0.1, 0.15) is 6.04 Å². The van der Waals surface area contributed by atoms with Gasteiger partial charge >= 0.3 is 0 Å². The Bertz CT molecular complexity index is 390. The van der Waals surface area contributed by atoms with E-state index in [-0.39, 0.29) is 11.8 Å². The molecule has 0 aliphatic rings. The lowest BCUT2D eigenvalue weighted by Crippen LogP contribution is -2.48. The fourth-order valence-corrected chi connectivity index (χ4v) is 2.37. The number of carbonyl (C=O) groups is 2. The average Bonchev–Trinajstić information content (AvgIpc) is 2.85. The molecule has 0 aliphatic heterocycles. The van der Waals surface area contributed by atoms with Crippen molar-refractivity contribution in [3.63, 3.8) is 0 Å². The van der Waals surface area contributed by atoms with Crippen molar-refractivity contribution in [3.05, 3.63) is 22.4 Å². The van der Waals surface area contributed by atoms with Gasteiger partial charge in [-0.05, 0) is 34.7 Å². The quantitative estimate of drug-likeness (QED) is 0.790. The second kappa shape index (κ2) is 7.16. The van der Waals surface area contributed by atoms with Gasteiger partial charge in [-0.2, -0.15) is 11.3 Å². The number of nitrogens with one attached hydrogen (secondary N) is 1. The molecule has 18 heavy (non-hydrogen) atoms. The van der Waals surface area contributed by atoms with Gasteiger partial charge in [0, 0.05) is 6.42 Å². The van der Waals surface area contributed by atoms with Gasteiger partial charge in [-0.15, -0.1) is 0 Å². The summed E-state index contributed by atoms with van der Waals surface area (Å²) in [7, 11) is 0. The van der Waals surface area contributed by atoms with E-state index >= 15 is 0 Å². The van der Waals surface area contributed by atoms with Crippen molar-refractivity contribution in [1.29, 1.82) is 0 Å². The van der Waals surface area contributed by atoms with E-state index in [9.17, 15) is 9.59 Å². The Morgan fingerprint density at radius 2 is 2.22 bits per heavy atom. The molecule has 2 unspecified atom stereocenters. The summed E-state index contributed by atoms with van der Waals surface area (Å²) >= 11 is 1.61. The molecule has 0 aliphatic carbocycles. The summed E-state index contributed by atoms with van der Waals surface area (Å²) in [5.74, 6) is -0.522. The van der Waals surface area contributed by atoms with Crippen LogP contribution < -0.4 is 11.1 Å². The van der Waals surface area contributed by atoms with Crippen LogP contribution in [-0.4, -0.2) is 17.9 Å². The van der Waals surface area contributed by atoms with Crippen LogP contribution in [0.2, 0.25) is 0 Å². The number of carbonyl (C=O) groups excluding carboxylic acids is 2. The predicted octanol–water partition coefficient (Wildman–Crippen LogP) is 1.70. The molecule has 1 rings (SSSR count). The summed E-state index contributed by atoms with van der Waals surface area (Å²) in [4.78, 5) is 23.0. The number of primary amides is 1. The van der Waals surface area contributed by atoms with E-state index in [0.717, 1.165) is 12.0 Å². The summed E-state index contributed by atoms with van der Waals surface area (Å²) in [5.41, 5.74) is 6.45. The fraction of sp³-hybridized carbons (Fsp3) is 0.538. The second-order valence-electron chi connectivity index (χ2n) is 4.46. The lowest BCUT2D eigenvalue weighted by molar-refractivity contribution is -0.128. The zero-order chi connectivity index (χ0) is 13.5. The minimum atomic E-state index is -0.565. The molecule has 0 aromatic carbocycles. The van der Waals surface area contributed by atoms with Crippen molar-refractivity contribution in [2.75, 3.05) is 0 Å². The third kappa shape index (κ3) is 4.49. The van der Waals surface area contributed by atoms with Crippen LogP contribution in [-0.2, 0) is 16.0 Å². The van der Waals surface area contributed by atoms with E-state index in [1.54, 1.807) is 11.3 Å². The Hall–Kier alpha value is -1.36. The normalized spacial score (nSPS) is 13.9. The van der Waals surface area contributed by atoms with Gasteiger partial charge in [0.05, 0.1) is 0 Å². The van der Waals surface area contributed by atoms with E-state index < -0.39 is 11.9 Å². The first-order valence-electron chi connectivity index (χ1n) is 6.14. The third-order valence-electron chi connectivity index (χ3n) is 3.06. The predicted molar refractivity (Wildman–Crippen MR) is 73.2 cm³/mol. The number of hydrogen-bond donors (Lipinski definition) is 2. The van der Waals surface area contributed by atoms with Gasteiger partial charge in [0.25, 0.3) is 0 Å². The molecule has 1 aromatic heterocycles. The third-order valence-corrected chi connectivity index (χ3v) is 3.79. The number of rotatable bonds is 7. The maximum Gasteiger partial charge on any atom is 0.240 e. The smallest absolute Gasteiger partial charge is 0.240 e. The number of hydrogen-bond acceptors (Lipinski definition) is 3. The van der Waals surface area contributed by atoms with Crippen molar-refractivity contribution in [1.82, 2.24) is 5.32 Å². The van der Waals surface area contributed by atoms with Crippen molar-refractivity contribution in [2.24, 2.45) is 11.7 Å². The first-order chi connectivity index (χ1) is 8.54. The van der Waals surface area contributed by atoms with E-state index in [0.29, 0.717) is 12.8 Å². The van der Waals surface area contributed by atoms with E-state index in [1.165, 1.54) is 0 Å². The zero-order valence-corrected chi connectivity index (χ0v) is 11.6. The van der Waals surface area contributed by atoms with Gasteiger partial charge in [0.2, 0.25) is 11.8 Å². The number of thiophene rings is 1. The van der Waals surface area contributed by atoms with Crippen molar-refractivity contribution in [2.45, 2.75) is 39.2 Å². The van der Waals surface area contributed by atoms with Crippen LogP contribution in [0.4, 0.5) is 0 Å². The molecular formula is C13H20N2O2S. The molecule has 2 amide bonds. The standard InChI is InChI=1S/C13H20N2O2S/c1-3-9(2)12(13(14)17)15-11(16)5-4-10-6-7-18-8-10/h6-9,12H,3-5H2,1-2H3,(H2,14,17)(H,15,16). The summed E-state index contributed by atoms with van der Waals surface area (Å²) in [6.07, 6.45) is 1.89. The second-order valence-corrected chi connectivity index (χ2v) is 5.24. The SMILES string of the molecule is CCC(C)C(NC(=O)CCc1ccsc1)C(N)=O. The summed E-state index contributed by atoms with van der Waals surface area (Å²) in [6.45, 7) is 3.88. The van der Waals surface area contributed by atoms with Crippen LogP contribution in [0, 0.1) is 5.92 Å². The topological polar surface area (TPSA) is 72.2 Å². The Labute approximate surface area is 112 Å². The highest BCUT2D eigenvalue weighted by Crippen LogP contribution is 2.10. The van der Waals surface area contributed by atoms with E-state index in [4.69, 9.17) is 5.73 Å². The molecule has 100 valence electrons. The Morgan fingerprint density at radius 1 is 1.50 bits per heavy atom. The number of amides is 2. The Morgan fingerprint density at radius 3 is 2.72 bits per heavy atom. The van der Waals surface area contributed by atoms with E-state index in [1.807, 2.05) is 30.7 Å². The average molecular weight is 268 g/mol. The molecule has 0 spiro atoms. The molecule has 3 N–H and O–H groups in total. The molecule has 1 heterocycles. The van der Waals surface area contributed by atoms with Crippen LogP contribution in [0.25, 0.3) is 0 Å². The number of nitrogens with two attached hydrogens (primary N) is 1.